The first kappa shape index (κ1) is 17.0. The average molecular weight is 277 g/mol. The molecule has 1 aromatic carbocycles. The van der Waals surface area contributed by atoms with Crippen molar-refractivity contribution in [2.45, 2.75) is 47.0 Å². The van der Waals surface area contributed by atoms with Crippen LogP contribution in [0.3, 0.4) is 0 Å². The molecule has 2 nitrogen and oxygen atoms in total. The molecule has 0 radical (unpaired) electrons. The summed E-state index contributed by atoms with van der Waals surface area (Å²) in [5, 5.41) is 3.56. The van der Waals surface area contributed by atoms with Crippen LogP contribution >= 0.6 is 0 Å². The van der Waals surface area contributed by atoms with E-state index < -0.39 is 0 Å². The summed E-state index contributed by atoms with van der Waals surface area (Å²) in [6.07, 6.45) is 3.53. The van der Waals surface area contributed by atoms with Crippen LogP contribution in [0.25, 0.3) is 0 Å². The van der Waals surface area contributed by atoms with Gasteiger partial charge in [0.2, 0.25) is 0 Å². The molecular weight excluding hydrogens is 246 g/mol. The number of rotatable bonds is 9. The van der Waals surface area contributed by atoms with Gasteiger partial charge in [-0.2, -0.15) is 0 Å². The summed E-state index contributed by atoms with van der Waals surface area (Å²) in [4.78, 5) is 0. The monoisotopic (exact) mass is 277 g/mol. The number of hydrogen-bond acceptors (Lipinski definition) is 2. The van der Waals surface area contributed by atoms with Crippen molar-refractivity contribution in [3.05, 3.63) is 30.3 Å². The molecule has 1 aromatic rings. The number of benzene rings is 1. The van der Waals surface area contributed by atoms with E-state index in [0.717, 1.165) is 31.9 Å². The number of hydrogen-bond donors (Lipinski definition) is 1. The molecule has 20 heavy (non-hydrogen) atoms. The summed E-state index contributed by atoms with van der Waals surface area (Å²) in [6.45, 7) is 12.3. The first-order valence-electron chi connectivity index (χ1n) is 7.92. The maximum absolute atomic E-state index is 5.77. The standard InChI is InChI=1S/C18H31NO/c1-5-13-19-15-16(18(2,3)4)10-9-14-20-17-11-7-6-8-12-17/h6-8,11-12,16,19H,5,9-10,13-15H2,1-4H3. The lowest BCUT2D eigenvalue weighted by molar-refractivity contribution is 0.198. The van der Waals surface area contributed by atoms with Crippen molar-refractivity contribution in [3.8, 4) is 5.75 Å². The molecule has 0 amide bonds. The highest BCUT2D eigenvalue weighted by atomic mass is 16.5. The SMILES string of the molecule is CCCNCC(CCCOc1ccccc1)C(C)(C)C. The molecule has 0 bridgehead atoms. The molecule has 0 aliphatic heterocycles. The molecule has 0 heterocycles. The Bertz CT molecular complexity index is 342. The Morgan fingerprint density at radius 1 is 1.15 bits per heavy atom. The van der Waals surface area contributed by atoms with Crippen molar-refractivity contribution in [1.82, 2.24) is 5.32 Å². The van der Waals surface area contributed by atoms with Gasteiger partial charge in [0, 0.05) is 0 Å². The van der Waals surface area contributed by atoms with Gasteiger partial charge in [-0.3, -0.25) is 0 Å². The van der Waals surface area contributed by atoms with Crippen LogP contribution in [0.2, 0.25) is 0 Å². The highest BCUT2D eigenvalue weighted by molar-refractivity contribution is 5.20. The van der Waals surface area contributed by atoms with Crippen LogP contribution in [-0.4, -0.2) is 19.7 Å². The van der Waals surface area contributed by atoms with Gasteiger partial charge in [-0.1, -0.05) is 45.9 Å². The lowest BCUT2D eigenvalue weighted by Crippen LogP contribution is -2.32. The smallest absolute Gasteiger partial charge is 0.119 e. The molecule has 0 saturated carbocycles. The van der Waals surface area contributed by atoms with Crippen molar-refractivity contribution in [3.63, 3.8) is 0 Å². The first-order valence-corrected chi connectivity index (χ1v) is 7.92. The fourth-order valence-corrected chi connectivity index (χ4v) is 2.33. The zero-order valence-corrected chi connectivity index (χ0v) is 13.6. The fourth-order valence-electron chi connectivity index (χ4n) is 2.33. The molecule has 0 aromatic heterocycles. The van der Waals surface area contributed by atoms with Crippen LogP contribution in [0.4, 0.5) is 0 Å². The van der Waals surface area contributed by atoms with Gasteiger partial charge in [0.05, 0.1) is 6.61 Å². The third-order valence-electron chi connectivity index (χ3n) is 3.75. The van der Waals surface area contributed by atoms with Crippen LogP contribution in [0.5, 0.6) is 5.75 Å². The maximum Gasteiger partial charge on any atom is 0.119 e. The quantitative estimate of drug-likeness (QED) is 0.671. The summed E-state index contributed by atoms with van der Waals surface area (Å²) in [7, 11) is 0. The molecule has 0 spiro atoms. The number of nitrogens with one attached hydrogen (secondary N) is 1. The van der Waals surface area contributed by atoms with Gasteiger partial charge in [0.1, 0.15) is 5.75 Å². The Balaban J connectivity index is 2.27. The first-order chi connectivity index (χ1) is 9.54. The van der Waals surface area contributed by atoms with E-state index in [9.17, 15) is 0 Å². The summed E-state index contributed by atoms with van der Waals surface area (Å²) >= 11 is 0. The van der Waals surface area contributed by atoms with E-state index in [1.54, 1.807) is 0 Å². The van der Waals surface area contributed by atoms with Crippen molar-refractivity contribution >= 4 is 0 Å². The largest absolute Gasteiger partial charge is 0.494 e. The molecule has 0 fully saturated rings. The van der Waals surface area contributed by atoms with Gasteiger partial charge in [0.15, 0.2) is 0 Å². The third kappa shape index (κ3) is 6.95. The predicted octanol–water partition coefficient (Wildman–Crippen LogP) is 4.51. The van der Waals surface area contributed by atoms with Crippen LogP contribution in [0.1, 0.15) is 47.0 Å². The molecule has 114 valence electrons. The second-order valence-electron chi connectivity index (χ2n) is 6.57. The lowest BCUT2D eigenvalue weighted by atomic mass is 9.78. The summed E-state index contributed by atoms with van der Waals surface area (Å²) in [5.41, 5.74) is 0.355. The highest BCUT2D eigenvalue weighted by Crippen LogP contribution is 2.29. The number of ether oxygens (including phenoxy) is 1. The van der Waals surface area contributed by atoms with E-state index >= 15 is 0 Å². The zero-order valence-electron chi connectivity index (χ0n) is 13.6. The molecular formula is C18H31NO. The van der Waals surface area contributed by atoms with Gasteiger partial charge in [-0.25, -0.2) is 0 Å². The average Bonchev–Trinajstić information content (AvgIpc) is 2.41. The Morgan fingerprint density at radius 3 is 2.45 bits per heavy atom. The molecule has 1 unspecified atom stereocenters. The van der Waals surface area contributed by atoms with Crippen molar-refractivity contribution in [2.75, 3.05) is 19.7 Å². The van der Waals surface area contributed by atoms with Crippen LogP contribution in [-0.2, 0) is 0 Å². The second-order valence-corrected chi connectivity index (χ2v) is 6.57. The van der Waals surface area contributed by atoms with E-state index in [1.807, 2.05) is 30.3 Å². The maximum atomic E-state index is 5.77. The lowest BCUT2D eigenvalue weighted by Gasteiger charge is -2.31. The van der Waals surface area contributed by atoms with Crippen LogP contribution < -0.4 is 10.1 Å². The van der Waals surface area contributed by atoms with E-state index in [1.165, 1.54) is 12.8 Å². The minimum absolute atomic E-state index is 0.355. The fraction of sp³-hybridized carbons (Fsp3) is 0.667. The Hall–Kier alpha value is -1.02. The van der Waals surface area contributed by atoms with Gasteiger partial charge in [0.25, 0.3) is 0 Å². The molecule has 0 aliphatic rings. The Kier molecular flexibility index (Phi) is 7.68. The van der Waals surface area contributed by atoms with E-state index in [0.29, 0.717) is 11.3 Å². The minimum atomic E-state index is 0.355. The summed E-state index contributed by atoms with van der Waals surface area (Å²) in [6, 6.07) is 10.1. The van der Waals surface area contributed by atoms with Gasteiger partial charge >= 0.3 is 0 Å². The van der Waals surface area contributed by atoms with Gasteiger partial charge < -0.3 is 10.1 Å². The molecule has 1 N–H and O–H groups in total. The predicted molar refractivity (Wildman–Crippen MR) is 87.3 cm³/mol. The van der Waals surface area contributed by atoms with Crippen LogP contribution in [0, 0.1) is 11.3 Å². The third-order valence-corrected chi connectivity index (χ3v) is 3.75. The molecule has 0 aliphatic carbocycles. The van der Waals surface area contributed by atoms with Crippen molar-refractivity contribution in [1.29, 1.82) is 0 Å². The highest BCUT2D eigenvalue weighted by Gasteiger charge is 2.23. The summed E-state index contributed by atoms with van der Waals surface area (Å²) in [5.74, 6) is 1.68. The van der Waals surface area contributed by atoms with Gasteiger partial charge in [-0.15, -0.1) is 0 Å². The molecule has 0 saturated heterocycles. The van der Waals surface area contributed by atoms with Crippen LogP contribution in [0.15, 0.2) is 30.3 Å². The van der Waals surface area contributed by atoms with E-state index in [2.05, 4.69) is 33.0 Å². The van der Waals surface area contributed by atoms with E-state index in [-0.39, 0.29) is 0 Å². The van der Waals surface area contributed by atoms with E-state index in [4.69, 9.17) is 4.74 Å². The normalized spacial score (nSPS) is 13.2. The minimum Gasteiger partial charge on any atom is -0.494 e. The zero-order chi connectivity index (χ0) is 14.8. The van der Waals surface area contributed by atoms with Crippen molar-refractivity contribution in [2.24, 2.45) is 11.3 Å². The summed E-state index contributed by atoms with van der Waals surface area (Å²) < 4.78 is 5.77. The Labute approximate surface area is 124 Å². The topological polar surface area (TPSA) is 21.3 Å². The molecule has 1 rings (SSSR count). The number of para-hydroxylation sites is 1. The Morgan fingerprint density at radius 2 is 1.85 bits per heavy atom. The van der Waals surface area contributed by atoms with Crippen molar-refractivity contribution < 1.29 is 4.74 Å². The molecule has 1 atom stereocenters. The molecule has 2 heteroatoms. The second kappa shape index (κ2) is 9.02. The van der Waals surface area contributed by atoms with Gasteiger partial charge in [-0.05, 0) is 55.8 Å².